The Morgan fingerprint density at radius 3 is 2.90 bits per heavy atom. The lowest BCUT2D eigenvalue weighted by Gasteiger charge is -2.40. The van der Waals surface area contributed by atoms with Crippen LogP contribution in [-0.2, 0) is 13.6 Å². The van der Waals surface area contributed by atoms with Crippen LogP contribution in [0.3, 0.4) is 0 Å². The van der Waals surface area contributed by atoms with Crippen LogP contribution in [0.15, 0.2) is 36.1 Å². The molecule has 1 spiro atoms. The predicted octanol–water partition coefficient (Wildman–Crippen LogP) is 1.48. The van der Waals surface area contributed by atoms with Gasteiger partial charge in [0.1, 0.15) is 17.8 Å². The van der Waals surface area contributed by atoms with Gasteiger partial charge in [0.25, 0.3) is 11.8 Å². The number of hydrogen-bond acceptors (Lipinski definition) is 6. The summed E-state index contributed by atoms with van der Waals surface area (Å²) >= 11 is 1.41. The van der Waals surface area contributed by atoms with Crippen molar-refractivity contribution < 1.29 is 9.59 Å². The van der Waals surface area contributed by atoms with Gasteiger partial charge >= 0.3 is 0 Å². The third kappa shape index (κ3) is 3.03. The molecule has 2 amide bonds. The summed E-state index contributed by atoms with van der Waals surface area (Å²) in [4.78, 5) is 32.7. The van der Waals surface area contributed by atoms with Crippen LogP contribution in [0.1, 0.15) is 44.9 Å². The second kappa shape index (κ2) is 6.80. The van der Waals surface area contributed by atoms with Crippen molar-refractivity contribution in [3.8, 4) is 0 Å². The number of aromatic nitrogens is 5. The fourth-order valence-corrected chi connectivity index (χ4v) is 5.07. The zero-order valence-electron chi connectivity index (χ0n) is 16.0. The maximum Gasteiger partial charge on any atom is 0.274 e. The summed E-state index contributed by atoms with van der Waals surface area (Å²) in [6.45, 7) is 1.92. The fraction of sp³-hybridized carbons (Fsp3) is 0.421. The number of hydrogen-bond donors (Lipinski definition) is 1. The average Bonchev–Trinajstić information content (AvgIpc) is 3.51. The van der Waals surface area contributed by atoms with E-state index in [2.05, 4.69) is 20.5 Å². The average molecular weight is 411 g/mol. The Balaban J connectivity index is 1.43. The van der Waals surface area contributed by atoms with Crippen molar-refractivity contribution in [3.63, 3.8) is 0 Å². The first-order valence-electron chi connectivity index (χ1n) is 9.57. The third-order valence-electron chi connectivity index (χ3n) is 5.96. The summed E-state index contributed by atoms with van der Waals surface area (Å²) in [7, 11) is 1.80. The molecule has 0 unspecified atom stereocenters. The highest BCUT2D eigenvalue weighted by Gasteiger charge is 2.51. The van der Waals surface area contributed by atoms with Crippen LogP contribution < -0.4 is 5.32 Å². The largest absolute Gasteiger partial charge is 0.341 e. The molecule has 0 aliphatic carbocycles. The van der Waals surface area contributed by atoms with Crippen LogP contribution >= 0.6 is 11.3 Å². The van der Waals surface area contributed by atoms with Crippen molar-refractivity contribution in [2.75, 3.05) is 13.1 Å². The van der Waals surface area contributed by atoms with Crippen molar-refractivity contribution >= 4 is 23.2 Å². The Bertz CT molecular complexity index is 1060. The molecule has 1 fully saturated rings. The van der Waals surface area contributed by atoms with Gasteiger partial charge in [-0.15, -0.1) is 11.3 Å². The molecule has 5 heterocycles. The van der Waals surface area contributed by atoms with Gasteiger partial charge in [-0.05, 0) is 30.4 Å². The molecule has 9 nitrogen and oxygen atoms in total. The van der Waals surface area contributed by atoms with Crippen LogP contribution in [0.5, 0.6) is 0 Å². The quantitative estimate of drug-likeness (QED) is 0.704. The predicted molar refractivity (Wildman–Crippen MR) is 105 cm³/mol. The molecule has 2 aliphatic rings. The number of carbonyl (C=O) groups excluding carboxylic acids is 2. The van der Waals surface area contributed by atoms with Crippen LogP contribution in [0, 0.1) is 5.41 Å². The first kappa shape index (κ1) is 18.0. The number of nitrogens with zero attached hydrogens (tertiary/aromatic N) is 6. The standard InChI is InChI=1S/C19H21N7O2S/c1-24-7-4-13(23-24)18(28)25-8-5-19(11-25)6-9-26-16(20-12-21-26)15(19)22-17(27)14-3-2-10-29-14/h2-4,7,10,12,15H,5-6,8-9,11H2,1H3,(H,22,27)/t15-,19+/m0/s1. The number of nitrogens with one attached hydrogen (secondary N) is 1. The van der Waals surface area contributed by atoms with E-state index in [1.807, 2.05) is 27.1 Å². The molecule has 3 aromatic heterocycles. The Morgan fingerprint density at radius 2 is 2.14 bits per heavy atom. The van der Waals surface area contributed by atoms with E-state index in [1.165, 1.54) is 17.7 Å². The molecular formula is C19H21N7O2S. The molecule has 10 heteroatoms. The molecule has 2 aliphatic heterocycles. The highest BCUT2D eigenvalue weighted by atomic mass is 32.1. The second-order valence-electron chi connectivity index (χ2n) is 7.69. The van der Waals surface area contributed by atoms with Crippen LogP contribution in [0.25, 0.3) is 0 Å². The molecule has 29 heavy (non-hydrogen) atoms. The molecule has 3 aromatic rings. The molecule has 2 atom stereocenters. The lowest BCUT2D eigenvalue weighted by atomic mass is 9.74. The van der Waals surface area contributed by atoms with Gasteiger partial charge in [-0.3, -0.25) is 14.3 Å². The molecule has 0 bridgehead atoms. The zero-order chi connectivity index (χ0) is 20.0. The van der Waals surface area contributed by atoms with E-state index < -0.39 is 0 Å². The van der Waals surface area contributed by atoms with Gasteiger partial charge in [0.05, 0.1) is 10.9 Å². The van der Waals surface area contributed by atoms with E-state index in [9.17, 15) is 9.59 Å². The Kier molecular flexibility index (Phi) is 4.23. The van der Waals surface area contributed by atoms with Crippen LogP contribution in [0.4, 0.5) is 0 Å². The molecule has 0 radical (unpaired) electrons. The molecule has 0 saturated carbocycles. The van der Waals surface area contributed by atoms with Crippen molar-refractivity contribution in [1.82, 2.24) is 34.8 Å². The molecule has 150 valence electrons. The summed E-state index contributed by atoms with van der Waals surface area (Å²) in [5.74, 6) is 0.571. The number of fused-ring (bicyclic) bond motifs is 1. The van der Waals surface area contributed by atoms with Gasteiger partial charge in [0.15, 0.2) is 0 Å². The highest BCUT2D eigenvalue weighted by molar-refractivity contribution is 7.12. The van der Waals surface area contributed by atoms with Gasteiger partial charge in [0.2, 0.25) is 0 Å². The van der Waals surface area contributed by atoms with E-state index in [0.717, 1.165) is 25.2 Å². The molecular weight excluding hydrogens is 390 g/mol. The number of carbonyl (C=O) groups is 2. The van der Waals surface area contributed by atoms with Crippen molar-refractivity contribution in [1.29, 1.82) is 0 Å². The van der Waals surface area contributed by atoms with Crippen LogP contribution in [0.2, 0.25) is 0 Å². The smallest absolute Gasteiger partial charge is 0.274 e. The normalized spacial score (nSPS) is 23.3. The van der Waals surface area contributed by atoms with Gasteiger partial charge in [-0.25, -0.2) is 9.67 Å². The number of amides is 2. The van der Waals surface area contributed by atoms with E-state index >= 15 is 0 Å². The van der Waals surface area contributed by atoms with E-state index in [-0.39, 0.29) is 23.3 Å². The third-order valence-corrected chi connectivity index (χ3v) is 6.83. The molecule has 0 aromatic carbocycles. The summed E-state index contributed by atoms with van der Waals surface area (Å²) in [5, 5.41) is 13.6. The first-order valence-corrected chi connectivity index (χ1v) is 10.4. The van der Waals surface area contributed by atoms with Gasteiger partial charge < -0.3 is 10.2 Å². The minimum Gasteiger partial charge on any atom is -0.341 e. The van der Waals surface area contributed by atoms with E-state index in [4.69, 9.17) is 0 Å². The Labute approximate surface area is 171 Å². The molecule has 5 rings (SSSR count). The second-order valence-corrected chi connectivity index (χ2v) is 8.64. The van der Waals surface area contributed by atoms with Gasteiger partial charge in [-0.1, -0.05) is 6.07 Å². The number of aryl methyl sites for hydroxylation is 2. The molecule has 1 saturated heterocycles. The summed E-state index contributed by atoms with van der Waals surface area (Å²) < 4.78 is 3.49. The van der Waals surface area contributed by atoms with Crippen molar-refractivity contribution in [3.05, 3.63) is 52.5 Å². The Hall–Kier alpha value is -3.01. The SMILES string of the molecule is Cn1ccc(C(=O)N2CC[C@@]3(CCn4ncnc4[C@@H]3NC(=O)c3cccs3)C2)n1. The summed E-state index contributed by atoms with van der Waals surface area (Å²) in [6.07, 6.45) is 4.93. The summed E-state index contributed by atoms with van der Waals surface area (Å²) in [6, 6.07) is 5.11. The lowest BCUT2D eigenvalue weighted by Crippen LogP contribution is -2.48. The minimum atomic E-state index is -0.296. The maximum atomic E-state index is 12.9. The number of rotatable bonds is 3. The highest BCUT2D eigenvalue weighted by Crippen LogP contribution is 2.47. The fourth-order valence-electron chi connectivity index (χ4n) is 4.44. The minimum absolute atomic E-state index is 0.0714. The Morgan fingerprint density at radius 1 is 1.28 bits per heavy atom. The van der Waals surface area contributed by atoms with E-state index in [1.54, 1.807) is 24.0 Å². The van der Waals surface area contributed by atoms with E-state index in [0.29, 0.717) is 23.7 Å². The lowest BCUT2D eigenvalue weighted by molar-refractivity contribution is 0.0697. The number of likely N-dealkylation sites (tertiary alicyclic amines) is 1. The topological polar surface area (TPSA) is 97.9 Å². The van der Waals surface area contributed by atoms with Crippen molar-refractivity contribution in [2.24, 2.45) is 12.5 Å². The van der Waals surface area contributed by atoms with Gasteiger partial charge in [0, 0.05) is 38.3 Å². The van der Waals surface area contributed by atoms with Crippen molar-refractivity contribution in [2.45, 2.75) is 25.4 Å². The monoisotopic (exact) mass is 411 g/mol. The number of thiophene rings is 1. The maximum absolute atomic E-state index is 12.9. The molecule has 1 N–H and O–H groups in total. The zero-order valence-corrected chi connectivity index (χ0v) is 16.8. The van der Waals surface area contributed by atoms with Gasteiger partial charge in [-0.2, -0.15) is 10.2 Å². The first-order chi connectivity index (χ1) is 14.1. The van der Waals surface area contributed by atoms with Crippen LogP contribution in [-0.4, -0.2) is 54.3 Å². The summed E-state index contributed by atoms with van der Waals surface area (Å²) in [5.41, 5.74) is 0.183.